The first kappa shape index (κ1) is 17.8. The number of carbonyl (C=O) groups excluding carboxylic acids is 1. The largest absolute Gasteiger partial charge is 0.482 e. The van der Waals surface area contributed by atoms with Gasteiger partial charge in [-0.25, -0.2) is 4.39 Å². The lowest BCUT2D eigenvalue weighted by atomic mass is 10.2. The van der Waals surface area contributed by atoms with Gasteiger partial charge < -0.3 is 15.1 Å². The maximum atomic E-state index is 13.5. The number of hydrogen-bond acceptors (Lipinski definition) is 4. The molecule has 1 aromatic heterocycles. The molecule has 142 valence electrons. The third-order valence-electron chi connectivity index (χ3n) is 4.46. The van der Waals surface area contributed by atoms with Gasteiger partial charge in [0.15, 0.2) is 11.4 Å². The normalized spacial score (nSPS) is 13.0. The van der Waals surface area contributed by atoms with E-state index in [1.54, 1.807) is 12.1 Å². The highest BCUT2D eigenvalue weighted by atomic mass is 19.1. The van der Waals surface area contributed by atoms with Crippen molar-refractivity contribution in [1.82, 2.24) is 9.58 Å². The Bertz CT molecular complexity index is 1070. The smallest absolute Gasteiger partial charge is 0.278 e. The molecule has 2 aromatic carbocycles. The van der Waals surface area contributed by atoms with E-state index in [-0.39, 0.29) is 48.4 Å². The molecule has 0 aliphatic carbocycles. The van der Waals surface area contributed by atoms with Crippen molar-refractivity contribution < 1.29 is 13.9 Å². The Morgan fingerprint density at radius 3 is 2.57 bits per heavy atom. The molecule has 0 atom stereocenters. The van der Waals surface area contributed by atoms with Crippen LogP contribution in [0.25, 0.3) is 0 Å². The highest BCUT2D eigenvalue weighted by Gasteiger charge is 2.29. The van der Waals surface area contributed by atoms with Crippen LogP contribution in [0.5, 0.6) is 5.75 Å². The second-order valence-electron chi connectivity index (χ2n) is 6.45. The summed E-state index contributed by atoms with van der Waals surface area (Å²) in [6, 6.07) is 16.8. The van der Waals surface area contributed by atoms with E-state index in [1.807, 2.05) is 30.3 Å². The molecule has 1 amide bonds. The van der Waals surface area contributed by atoms with Crippen LogP contribution in [0.3, 0.4) is 0 Å². The van der Waals surface area contributed by atoms with Crippen LogP contribution in [-0.4, -0.2) is 22.2 Å². The minimum atomic E-state index is -0.370. The molecule has 7 heteroatoms. The highest BCUT2D eigenvalue weighted by molar-refractivity contribution is 5.96. The van der Waals surface area contributed by atoms with Crippen LogP contribution >= 0.6 is 0 Å². The maximum absolute atomic E-state index is 13.5. The zero-order chi connectivity index (χ0) is 19.5. The van der Waals surface area contributed by atoms with E-state index in [0.29, 0.717) is 5.56 Å². The van der Waals surface area contributed by atoms with Crippen LogP contribution in [0, 0.1) is 5.82 Å². The third kappa shape index (κ3) is 3.59. The van der Waals surface area contributed by atoms with Gasteiger partial charge in [-0.05, 0) is 23.3 Å². The molecule has 0 bridgehead atoms. The number of fused-ring (bicyclic) bond motifs is 1. The summed E-state index contributed by atoms with van der Waals surface area (Å²) >= 11 is 0. The first-order valence-corrected chi connectivity index (χ1v) is 8.82. The summed E-state index contributed by atoms with van der Waals surface area (Å²) in [7, 11) is 0. The predicted molar refractivity (Wildman–Crippen MR) is 102 cm³/mol. The molecule has 4 rings (SSSR count). The molecule has 0 saturated carbocycles. The zero-order valence-corrected chi connectivity index (χ0v) is 15.0. The lowest BCUT2D eigenvalue weighted by Gasteiger charge is -2.31. The summed E-state index contributed by atoms with van der Waals surface area (Å²) in [5.74, 6) is -0.727. The van der Waals surface area contributed by atoms with Crippen LogP contribution in [0.4, 0.5) is 4.39 Å². The number of nitrogens with zero attached hydrogens (tertiary/aromatic N) is 2. The highest BCUT2D eigenvalue weighted by Crippen LogP contribution is 2.21. The molecular formula is C21H18FN3O3. The maximum Gasteiger partial charge on any atom is 0.278 e. The van der Waals surface area contributed by atoms with E-state index in [0.717, 1.165) is 5.56 Å². The lowest BCUT2D eigenvalue weighted by molar-refractivity contribution is 0.0706. The van der Waals surface area contributed by atoms with Crippen LogP contribution in [-0.2, 0) is 13.2 Å². The number of aromatic nitrogens is 1. The van der Waals surface area contributed by atoms with Gasteiger partial charge in [0.1, 0.15) is 19.1 Å². The molecule has 0 fully saturated rings. The van der Waals surface area contributed by atoms with Crippen molar-refractivity contribution in [2.24, 2.45) is 0 Å². The monoisotopic (exact) mass is 379 g/mol. The number of amides is 1. The van der Waals surface area contributed by atoms with Crippen molar-refractivity contribution in [3.63, 3.8) is 0 Å². The fourth-order valence-electron chi connectivity index (χ4n) is 3.09. The molecule has 1 aliphatic heterocycles. The Balaban J connectivity index is 1.61. The first-order chi connectivity index (χ1) is 13.6. The van der Waals surface area contributed by atoms with Crippen molar-refractivity contribution in [2.45, 2.75) is 13.2 Å². The van der Waals surface area contributed by atoms with Crippen LogP contribution in [0.15, 0.2) is 71.7 Å². The van der Waals surface area contributed by atoms with E-state index in [1.165, 1.54) is 34.0 Å². The summed E-state index contributed by atoms with van der Waals surface area (Å²) < 4.78 is 20.7. The minimum Gasteiger partial charge on any atom is -0.482 e. The summed E-state index contributed by atoms with van der Waals surface area (Å²) in [6.07, 6.45) is 1.50. The average Bonchev–Trinajstić information content (AvgIpc) is 2.70. The van der Waals surface area contributed by atoms with Gasteiger partial charge in [0.2, 0.25) is 5.43 Å². The topological polar surface area (TPSA) is 63.6 Å². The molecule has 0 radical (unpaired) electrons. The van der Waals surface area contributed by atoms with Gasteiger partial charge in [-0.1, -0.05) is 42.5 Å². The number of pyridine rings is 1. The molecule has 6 nitrogen and oxygen atoms in total. The van der Waals surface area contributed by atoms with E-state index in [2.05, 4.69) is 5.43 Å². The Labute approximate surface area is 160 Å². The van der Waals surface area contributed by atoms with Gasteiger partial charge in [-0.15, -0.1) is 0 Å². The van der Waals surface area contributed by atoms with E-state index in [4.69, 9.17) is 4.74 Å². The Morgan fingerprint density at radius 1 is 1.00 bits per heavy atom. The summed E-state index contributed by atoms with van der Waals surface area (Å²) in [5.41, 5.74) is 4.36. The van der Waals surface area contributed by atoms with Crippen molar-refractivity contribution in [2.75, 3.05) is 12.1 Å². The number of hydrogen-bond donors (Lipinski definition) is 1. The quantitative estimate of drug-likeness (QED) is 0.740. The SMILES string of the molecule is O=C1c2c(OCc3ccccc3)c(=O)ccn2NCN1Cc1cccc(F)c1. The van der Waals surface area contributed by atoms with Crippen molar-refractivity contribution in [3.8, 4) is 5.75 Å². The first-order valence-electron chi connectivity index (χ1n) is 8.82. The van der Waals surface area contributed by atoms with Crippen molar-refractivity contribution in [1.29, 1.82) is 0 Å². The van der Waals surface area contributed by atoms with Crippen molar-refractivity contribution >= 4 is 5.91 Å². The van der Waals surface area contributed by atoms with Gasteiger partial charge in [-0.3, -0.25) is 14.3 Å². The summed E-state index contributed by atoms with van der Waals surface area (Å²) in [5, 5.41) is 0. The van der Waals surface area contributed by atoms with Crippen LogP contribution in [0.1, 0.15) is 21.6 Å². The van der Waals surface area contributed by atoms with Gasteiger partial charge >= 0.3 is 0 Å². The number of ether oxygens (including phenoxy) is 1. The average molecular weight is 379 g/mol. The fraction of sp³-hybridized carbons (Fsp3) is 0.143. The fourth-order valence-corrected chi connectivity index (χ4v) is 3.09. The molecule has 1 aliphatic rings. The number of halogens is 1. The molecule has 3 aromatic rings. The molecule has 0 unspecified atom stereocenters. The Morgan fingerprint density at radius 2 is 1.79 bits per heavy atom. The number of rotatable bonds is 5. The third-order valence-corrected chi connectivity index (χ3v) is 4.46. The van der Waals surface area contributed by atoms with Crippen LogP contribution in [0.2, 0.25) is 0 Å². The van der Waals surface area contributed by atoms with Gasteiger partial charge in [0.05, 0.1) is 0 Å². The van der Waals surface area contributed by atoms with E-state index >= 15 is 0 Å². The standard InChI is InChI=1S/C21H18FN3O3/c22-17-8-4-7-16(11-17)12-24-14-23-25-10-9-18(26)20(19(25)21(24)27)28-13-15-5-2-1-3-6-15/h1-11,23H,12-14H2. The zero-order valence-electron chi connectivity index (χ0n) is 15.0. The summed E-state index contributed by atoms with van der Waals surface area (Å²) in [6.45, 7) is 0.610. The minimum absolute atomic E-state index is 0.00667. The molecule has 28 heavy (non-hydrogen) atoms. The van der Waals surface area contributed by atoms with E-state index < -0.39 is 0 Å². The Hall–Kier alpha value is -3.61. The number of carbonyl (C=O) groups is 1. The Kier molecular flexibility index (Phi) is 4.80. The predicted octanol–water partition coefficient (Wildman–Crippen LogP) is 2.72. The van der Waals surface area contributed by atoms with Crippen molar-refractivity contribution in [3.05, 3.63) is 99.7 Å². The second-order valence-corrected chi connectivity index (χ2v) is 6.45. The molecule has 0 spiro atoms. The lowest BCUT2D eigenvalue weighted by Crippen LogP contribution is -2.46. The van der Waals surface area contributed by atoms with Crippen LogP contribution < -0.4 is 15.6 Å². The second kappa shape index (κ2) is 7.56. The van der Waals surface area contributed by atoms with Gasteiger partial charge in [-0.2, -0.15) is 0 Å². The molecule has 1 N–H and O–H groups in total. The van der Waals surface area contributed by atoms with Gasteiger partial charge in [0, 0.05) is 18.8 Å². The number of benzene rings is 2. The number of nitrogens with one attached hydrogen (secondary N) is 1. The molecule has 0 saturated heterocycles. The summed E-state index contributed by atoms with van der Waals surface area (Å²) in [4.78, 5) is 26.9. The van der Waals surface area contributed by atoms with Gasteiger partial charge in [0.25, 0.3) is 5.91 Å². The molecular weight excluding hydrogens is 361 g/mol. The van der Waals surface area contributed by atoms with E-state index in [9.17, 15) is 14.0 Å². The molecule has 2 heterocycles.